The topological polar surface area (TPSA) is 89.5 Å². The first-order valence-electron chi connectivity index (χ1n) is 9.63. The van der Waals surface area contributed by atoms with Crippen LogP contribution in [-0.4, -0.2) is 49.1 Å². The van der Waals surface area contributed by atoms with Crippen LogP contribution in [0.2, 0.25) is 0 Å². The maximum absolute atomic E-state index is 11.9. The molecule has 0 spiro atoms. The maximum Gasteiger partial charge on any atom is 0.302 e. The molecular formula is C20H27N3O5. The van der Waals surface area contributed by atoms with Gasteiger partial charge >= 0.3 is 5.97 Å². The lowest BCUT2D eigenvalue weighted by Gasteiger charge is -2.28. The molecule has 1 amide bonds. The normalized spacial score (nSPS) is 17.4. The molecule has 8 heteroatoms. The fraction of sp³-hybridized carbons (Fsp3) is 0.550. The molecule has 0 saturated carbocycles. The standard InChI is InChI=1S/C20H27N3O5/c1-13-19(25)22-20-21-16-8-9-17(18(26-3)15(16)12-23(13)20)28-11-7-5-4-6-10-27-14(2)24/h8-9,13H,4-7,10-12H2,1-3H3,(H,21,22,25). The zero-order valence-corrected chi connectivity index (χ0v) is 16.6. The zero-order chi connectivity index (χ0) is 20.1. The Labute approximate surface area is 164 Å². The lowest BCUT2D eigenvalue weighted by Crippen LogP contribution is -2.35. The molecule has 0 aliphatic carbocycles. The Balaban J connectivity index is 1.55. The fourth-order valence-corrected chi connectivity index (χ4v) is 3.35. The number of guanidine groups is 1. The van der Waals surface area contributed by atoms with E-state index >= 15 is 0 Å². The number of hydrogen-bond donors (Lipinski definition) is 1. The lowest BCUT2D eigenvalue weighted by atomic mass is 10.1. The van der Waals surface area contributed by atoms with E-state index in [2.05, 4.69) is 10.3 Å². The Hall–Kier alpha value is -2.77. The molecule has 0 aromatic heterocycles. The minimum Gasteiger partial charge on any atom is -0.492 e. The maximum atomic E-state index is 11.9. The number of rotatable bonds is 9. The minimum absolute atomic E-state index is 0.0456. The van der Waals surface area contributed by atoms with Crippen molar-refractivity contribution >= 4 is 23.5 Å². The molecule has 2 aliphatic heterocycles. The Bertz CT molecular complexity index is 777. The van der Waals surface area contributed by atoms with Crippen LogP contribution < -0.4 is 14.8 Å². The van der Waals surface area contributed by atoms with Crippen LogP contribution in [0.4, 0.5) is 5.69 Å². The number of hydrogen-bond acceptors (Lipinski definition) is 7. The monoisotopic (exact) mass is 389 g/mol. The number of methoxy groups -OCH3 is 1. The van der Waals surface area contributed by atoms with Gasteiger partial charge < -0.3 is 19.1 Å². The highest BCUT2D eigenvalue weighted by Crippen LogP contribution is 2.41. The van der Waals surface area contributed by atoms with E-state index in [4.69, 9.17) is 14.2 Å². The third-order valence-electron chi connectivity index (χ3n) is 4.91. The second kappa shape index (κ2) is 8.95. The van der Waals surface area contributed by atoms with Crippen LogP contribution in [0.5, 0.6) is 11.5 Å². The highest BCUT2D eigenvalue weighted by atomic mass is 16.5. The average molecular weight is 389 g/mol. The summed E-state index contributed by atoms with van der Waals surface area (Å²) in [5.41, 5.74) is 1.71. The smallest absolute Gasteiger partial charge is 0.302 e. The van der Waals surface area contributed by atoms with Gasteiger partial charge in [0.2, 0.25) is 11.9 Å². The van der Waals surface area contributed by atoms with Gasteiger partial charge in [0.25, 0.3) is 0 Å². The molecule has 1 aromatic carbocycles. The predicted octanol–water partition coefficient (Wildman–Crippen LogP) is 2.52. The van der Waals surface area contributed by atoms with Crippen LogP contribution in [0.25, 0.3) is 0 Å². The van der Waals surface area contributed by atoms with Gasteiger partial charge in [0.15, 0.2) is 11.5 Å². The van der Waals surface area contributed by atoms with E-state index in [-0.39, 0.29) is 17.9 Å². The van der Waals surface area contributed by atoms with Crippen molar-refractivity contribution in [3.05, 3.63) is 17.7 Å². The van der Waals surface area contributed by atoms with Crippen molar-refractivity contribution in [2.45, 2.75) is 52.1 Å². The largest absolute Gasteiger partial charge is 0.492 e. The summed E-state index contributed by atoms with van der Waals surface area (Å²) in [5, 5.41) is 2.80. The Morgan fingerprint density at radius 2 is 2.00 bits per heavy atom. The second-order valence-corrected chi connectivity index (χ2v) is 6.93. The van der Waals surface area contributed by atoms with Crippen LogP contribution in [0.15, 0.2) is 17.1 Å². The Morgan fingerprint density at radius 3 is 2.71 bits per heavy atom. The Kier molecular flexibility index (Phi) is 6.38. The van der Waals surface area contributed by atoms with Gasteiger partial charge in [-0.1, -0.05) is 0 Å². The molecule has 1 N–H and O–H groups in total. The Morgan fingerprint density at radius 1 is 1.25 bits per heavy atom. The van der Waals surface area contributed by atoms with Gasteiger partial charge in [-0.3, -0.25) is 14.9 Å². The summed E-state index contributed by atoms with van der Waals surface area (Å²) in [4.78, 5) is 29.1. The van der Waals surface area contributed by atoms with E-state index in [9.17, 15) is 9.59 Å². The van der Waals surface area contributed by atoms with E-state index in [0.29, 0.717) is 37.2 Å². The van der Waals surface area contributed by atoms with Crippen molar-refractivity contribution in [2.24, 2.45) is 4.99 Å². The van der Waals surface area contributed by atoms with Crippen LogP contribution in [0.1, 0.15) is 45.1 Å². The molecule has 28 heavy (non-hydrogen) atoms. The summed E-state index contributed by atoms with van der Waals surface area (Å²) >= 11 is 0. The number of nitrogens with zero attached hydrogens (tertiary/aromatic N) is 2. The predicted molar refractivity (Wildman–Crippen MR) is 104 cm³/mol. The van der Waals surface area contributed by atoms with Gasteiger partial charge in [-0.15, -0.1) is 0 Å². The summed E-state index contributed by atoms with van der Waals surface area (Å²) in [7, 11) is 1.62. The number of unbranched alkanes of at least 4 members (excludes halogenated alkanes) is 3. The number of nitrogens with one attached hydrogen (secondary N) is 1. The third kappa shape index (κ3) is 4.37. The van der Waals surface area contributed by atoms with Crippen LogP contribution in [0.3, 0.4) is 0 Å². The van der Waals surface area contributed by atoms with Crippen LogP contribution >= 0.6 is 0 Å². The SMILES string of the molecule is COc1c(OCCCCCCOC(C)=O)ccc2c1CN1C(=N2)NC(=O)C1C. The van der Waals surface area contributed by atoms with Gasteiger partial charge in [-0.05, 0) is 44.7 Å². The molecule has 1 fully saturated rings. The van der Waals surface area contributed by atoms with Gasteiger partial charge in [-0.25, -0.2) is 4.99 Å². The number of fused-ring (bicyclic) bond motifs is 2. The molecule has 1 unspecified atom stereocenters. The molecular weight excluding hydrogens is 362 g/mol. The van der Waals surface area contributed by atoms with Crippen molar-refractivity contribution in [1.82, 2.24) is 10.2 Å². The number of ether oxygens (including phenoxy) is 3. The van der Waals surface area contributed by atoms with Crippen molar-refractivity contribution < 1.29 is 23.8 Å². The van der Waals surface area contributed by atoms with E-state index in [1.165, 1.54) is 6.92 Å². The first kappa shape index (κ1) is 20.0. The second-order valence-electron chi connectivity index (χ2n) is 6.93. The van der Waals surface area contributed by atoms with Gasteiger partial charge in [-0.2, -0.15) is 0 Å². The summed E-state index contributed by atoms with van der Waals surface area (Å²) in [6, 6.07) is 3.50. The quantitative estimate of drug-likeness (QED) is 0.516. The molecule has 8 nitrogen and oxygen atoms in total. The van der Waals surface area contributed by atoms with Gasteiger partial charge in [0.05, 0.1) is 32.6 Å². The number of carbonyl (C=O) groups is 2. The van der Waals surface area contributed by atoms with Crippen molar-refractivity contribution in [3.8, 4) is 11.5 Å². The molecule has 3 rings (SSSR count). The summed E-state index contributed by atoms with van der Waals surface area (Å²) in [5.74, 6) is 1.67. The zero-order valence-electron chi connectivity index (χ0n) is 16.6. The number of benzene rings is 1. The summed E-state index contributed by atoms with van der Waals surface area (Å²) < 4.78 is 16.5. The van der Waals surface area contributed by atoms with E-state index in [0.717, 1.165) is 36.9 Å². The highest BCUT2D eigenvalue weighted by Gasteiger charge is 2.37. The molecule has 0 radical (unpaired) electrons. The molecule has 1 atom stereocenters. The number of aliphatic imine (C=N–C) groups is 1. The molecule has 1 saturated heterocycles. The van der Waals surface area contributed by atoms with E-state index < -0.39 is 0 Å². The van der Waals surface area contributed by atoms with E-state index in [1.807, 2.05) is 24.0 Å². The molecule has 0 bridgehead atoms. The first-order valence-corrected chi connectivity index (χ1v) is 9.63. The third-order valence-corrected chi connectivity index (χ3v) is 4.91. The van der Waals surface area contributed by atoms with Crippen molar-refractivity contribution in [1.29, 1.82) is 0 Å². The van der Waals surface area contributed by atoms with Crippen molar-refractivity contribution in [3.63, 3.8) is 0 Å². The van der Waals surface area contributed by atoms with E-state index in [1.54, 1.807) is 7.11 Å². The minimum atomic E-state index is -0.256. The summed E-state index contributed by atoms with van der Waals surface area (Å²) in [6.45, 7) is 4.88. The molecule has 1 aromatic rings. The summed E-state index contributed by atoms with van der Waals surface area (Å²) in [6.07, 6.45) is 3.76. The number of esters is 1. The first-order chi connectivity index (χ1) is 13.5. The lowest BCUT2D eigenvalue weighted by molar-refractivity contribution is -0.141. The van der Waals surface area contributed by atoms with Gasteiger partial charge in [0, 0.05) is 12.5 Å². The number of amides is 1. The highest BCUT2D eigenvalue weighted by molar-refractivity contribution is 6.07. The average Bonchev–Trinajstić information content (AvgIpc) is 2.95. The van der Waals surface area contributed by atoms with Crippen LogP contribution in [0, 0.1) is 0 Å². The molecule has 152 valence electrons. The molecule has 2 heterocycles. The number of carbonyl (C=O) groups excluding carboxylic acids is 2. The van der Waals surface area contributed by atoms with Crippen LogP contribution in [-0.2, 0) is 20.9 Å². The molecule has 2 aliphatic rings. The fourth-order valence-electron chi connectivity index (χ4n) is 3.35. The van der Waals surface area contributed by atoms with Gasteiger partial charge in [0.1, 0.15) is 6.04 Å². The van der Waals surface area contributed by atoms with Crippen molar-refractivity contribution in [2.75, 3.05) is 20.3 Å².